The molecular weight excluding hydrogens is 379 g/mol. The summed E-state index contributed by atoms with van der Waals surface area (Å²) in [5.74, 6) is 0.201. The Labute approximate surface area is 164 Å². The first kappa shape index (κ1) is 17.6. The lowest BCUT2D eigenvalue weighted by molar-refractivity contribution is 0.582. The molecule has 0 spiro atoms. The molecule has 0 aliphatic carbocycles. The second-order valence-electron chi connectivity index (χ2n) is 5.68. The van der Waals surface area contributed by atoms with Crippen molar-refractivity contribution in [3.63, 3.8) is 0 Å². The molecule has 27 heavy (non-hydrogen) atoms. The van der Waals surface area contributed by atoms with Gasteiger partial charge in [0.2, 0.25) is 11.1 Å². The molecule has 7 heteroatoms. The molecule has 134 valence electrons. The Morgan fingerprint density at radius 2 is 1.78 bits per heavy atom. The van der Waals surface area contributed by atoms with Crippen molar-refractivity contribution in [3.8, 4) is 10.6 Å². The summed E-state index contributed by atoms with van der Waals surface area (Å²) in [6, 6.07) is 21.2. The van der Waals surface area contributed by atoms with Gasteiger partial charge >= 0.3 is 0 Å². The van der Waals surface area contributed by atoms with Crippen LogP contribution in [-0.2, 0) is 5.75 Å². The van der Waals surface area contributed by atoms with Crippen molar-refractivity contribution < 1.29 is 4.39 Å². The summed E-state index contributed by atoms with van der Waals surface area (Å²) >= 11 is 3.14. The molecule has 0 saturated heterocycles. The third-order valence-corrected chi connectivity index (χ3v) is 5.77. The highest BCUT2D eigenvalue weighted by Gasteiger charge is 2.12. The third-order valence-electron chi connectivity index (χ3n) is 3.75. The van der Waals surface area contributed by atoms with E-state index >= 15 is 0 Å². The van der Waals surface area contributed by atoms with Crippen molar-refractivity contribution in [1.29, 1.82) is 0 Å². The van der Waals surface area contributed by atoms with E-state index in [0.717, 1.165) is 31.8 Å². The molecule has 0 aliphatic rings. The second kappa shape index (κ2) is 8.28. The van der Waals surface area contributed by atoms with E-state index in [1.54, 1.807) is 11.8 Å². The number of halogens is 1. The summed E-state index contributed by atoms with van der Waals surface area (Å²) in [7, 11) is 0. The molecule has 1 N–H and O–H groups in total. The van der Waals surface area contributed by atoms with Crippen LogP contribution in [0.1, 0.15) is 5.56 Å². The molecule has 0 aliphatic heterocycles. The van der Waals surface area contributed by atoms with Gasteiger partial charge in [0.25, 0.3) is 0 Å². The van der Waals surface area contributed by atoms with Crippen LogP contribution in [-0.4, -0.2) is 15.2 Å². The van der Waals surface area contributed by atoms with E-state index in [2.05, 4.69) is 20.5 Å². The summed E-state index contributed by atoms with van der Waals surface area (Å²) < 4.78 is 13.3. The van der Waals surface area contributed by atoms with Crippen LogP contribution in [0.15, 0.2) is 77.8 Å². The summed E-state index contributed by atoms with van der Waals surface area (Å²) in [5.41, 5.74) is 2.89. The van der Waals surface area contributed by atoms with Gasteiger partial charge in [0.05, 0.1) is 0 Å². The summed E-state index contributed by atoms with van der Waals surface area (Å²) in [6.07, 6.45) is 1.49. The van der Waals surface area contributed by atoms with Crippen molar-refractivity contribution in [3.05, 3.63) is 84.4 Å². The predicted molar refractivity (Wildman–Crippen MR) is 109 cm³/mol. The van der Waals surface area contributed by atoms with E-state index in [9.17, 15) is 4.39 Å². The molecule has 0 atom stereocenters. The minimum absolute atomic E-state index is 0.456. The second-order valence-corrected chi connectivity index (χ2v) is 7.67. The Kier molecular flexibility index (Phi) is 5.41. The lowest BCUT2D eigenvalue weighted by atomic mass is 10.2. The maximum absolute atomic E-state index is 13.3. The van der Waals surface area contributed by atoms with E-state index in [1.807, 2.05) is 60.7 Å². The van der Waals surface area contributed by atoms with E-state index < -0.39 is 5.95 Å². The van der Waals surface area contributed by atoms with Gasteiger partial charge in [-0.1, -0.05) is 47.7 Å². The fourth-order valence-corrected chi connectivity index (χ4v) is 4.35. The van der Waals surface area contributed by atoms with Gasteiger partial charge in [0.1, 0.15) is 0 Å². The van der Waals surface area contributed by atoms with Crippen LogP contribution in [0.25, 0.3) is 10.6 Å². The molecule has 4 nitrogen and oxygen atoms in total. The zero-order valence-electron chi connectivity index (χ0n) is 14.2. The highest BCUT2D eigenvalue weighted by atomic mass is 32.2. The molecule has 0 saturated carbocycles. The van der Waals surface area contributed by atoms with Crippen molar-refractivity contribution in [2.24, 2.45) is 0 Å². The van der Waals surface area contributed by atoms with Crippen LogP contribution in [0.5, 0.6) is 0 Å². The number of thioether (sulfide) groups is 1. The number of hydrogen-bond donors (Lipinski definition) is 1. The molecule has 0 unspecified atom stereocenters. The minimum Gasteiger partial charge on any atom is -0.330 e. The molecule has 2 aromatic carbocycles. The lowest BCUT2D eigenvalue weighted by Gasteiger charge is -2.06. The van der Waals surface area contributed by atoms with Crippen LogP contribution in [0.2, 0.25) is 0 Å². The first-order chi connectivity index (χ1) is 13.3. The number of rotatable bonds is 6. The highest BCUT2D eigenvalue weighted by Crippen LogP contribution is 2.36. The number of anilines is 2. The van der Waals surface area contributed by atoms with Crippen molar-refractivity contribution in [2.75, 3.05) is 5.32 Å². The summed E-state index contributed by atoms with van der Waals surface area (Å²) in [5, 5.41) is 13.4. The van der Waals surface area contributed by atoms with Crippen molar-refractivity contribution >= 4 is 33.9 Å². The fourth-order valence-electron chi connectivity index (χ4n) is 2.49. The Balaban J connectivity index is 1.52. The lowest BCUT2D eigenvalue weighted by Crippen LogP contribution is -1.88. The largest absolute Gasteiger partial charge is 0.330 e. The normalized spacial score (nSPS) is 10.7. The van der Waals surface area contributed by atoms with E-state index in [0.29, 0.717) is 5.75 Å². The highest BCUT2D eigenvalue weighted by molar-refractivity contribution is 7.98. The zero-order valence-corrected chi connectivity index (χ0v) is 15.8. The molecule has 0 amide bonds. The van der Waals surface area contributed by atoms with Gasteiger partial charge in [-0.2, -0.15) is 4.39 Å². The van der Waals surface area contributed by atoms with Gasteiger partial charge in [-0.3, -0.25) is 0 Å². The van der Waals surface area contributed by atoms with Crippen LogP contribution in [0.3, 0.4) is 0 Å². The number of pyridine rings is 1. The summed E-state index contributed by atoms with van der Waals surface area (Å²) in [6.45, 7) is 0. The van der Waals surface area contributed by atoms with Gasteiger partial charge in [-0.15, -0.1) is 22.0 Å². The van der Waals surface area contributed by atoms with Gasteiger partial charge in [0.15, 0.2) is 5.01 Å². The van der Waals surface area contributed by atoms with Crippen LogP contribution in [0.4, 0.5) is 15.2 Å². The van der Waals surface area contributed by atoms with Crippen LogP contribution >= 0.6 is 23.1 Å². The van der Waals surface area contributed by atoms with Gasteiger partial charge in [-0.25, -0.2) is 4.98 Å². The molecule has 0 radical (unpaired) electrons. The van der Waals surface area contributed by atoms with Gasteiger partial charge < -0.3 is 5.32 Å². The Bertz CT molecular complexity index is 1040. The monoisotopic (exact) mass is 394 g/mol. The fraction of sp³-hybridized carbons (Fsp3) is 0.0500. The van der Waals surface area contributed by atoms with E-state index in [4.69, 9.17) is 0 Å². The van der Waals surface area contributed by atoms with Crippen molar-refractivity contribution in [2.45, 2.75) is 10.6 Å². The molecule has 2 heterocycles. The third kappa shape index (κ3) is 4.50. The van der Waals surface area contributed by atoms with Gasteiger partial charge in [-0.05, 0) is 35.9 Å². The van der Waals surface area contributed by atoms with Gasteiger partial charge in [0, 0.05) is 28.1 Å². The van der Waals surface area contributed by atoms with E-state index in [1.165, 1.54) is 23.6 Å². The number of benzene rings is 2. The average Bonchev–Trinajstić information content (AvgIpc) is 3.16. The van der Waals surface area contributed by atoms with Crippen LogP contribution < -0.4 is 5.32 Å². The average molecular weight is 395 g/mol. The molecule has 0 bridgehead atoms. The number of hydrogen-bond acceptors (Lipinski definition) is 6. The maximum Gasteiger partial charge on any atom is 0.213 e. The number of nitrogens with zero attached hydrogens (tertiary/aromatic N) is 3. The molecular formula is C20H15FN4S2. The quantitative estimate of drug-likeness (QED) is 0.332. The first-order valence-corrected chi connectivity index (χ1v) is 10.1. The maximum atomic E-state index is 13.3. The Hall–Kier alpha value is -2.77. The Morgan fingerprint density at radius 3 is 2.63 bits per heavy atom. The molecule has 4 aromatic rings. The zero-order chi connectivity index (χ0) is 18.5. The molecule has 0 fully saturated rings. The SMILES string of the molecule is Fc1cc(CSc2ccccc2-c2nnc(Nc3ccccc3)s2)ccn1. The van der Waals surface area contributed by atoms with E-state index in [-0.39, 0.29) is 0 Å². The number of aromatic nitrogens is 3. The molecule has 2 aromatic heterocycles. The molecule has 4 rings (SSSR count). The predicted octanol–water partition coefficient (Wildman–Crippen LogP) is 5.78. The number of para-hydroxylation sites is 1. The smallest absolute Gasteiger partial charge is 0.213 e. The van der Waals surface area contributed by atoms with Crippen molar-refractivity contribution in [1.82, 2.24) is 15.2 Å². The standard InChI is InChI=1S/C20H15FN4S2/c21-18-12-14(10-11-22-18)13-26-17-9-5-4-8-16(17)19-24-25-20(27-19)23-15-6-2-1-3-7-15/h1-12H,13H2,(H,23,25). The first-order valence-electron chi connectivity index (χ1n) is 8.26. The topological polar surface area (TPSA) is 50.7 Å². The Morgan fingerprint density at radius 1 is 0.963 bits per heavy atom. The summed E-state index contributed by atoms with van der Waals surface area (Å²) in [4.78, 5) is 4.68. The number of nitrogens with one attached hydrogen (secondary N) is 1. The minimum atomic E-state index is -0.456. The van der Waals surface area contributed by atoms with Crippen LogP contribution in [0, 0.1) is 5.95 Å².